The third-order valence-electron chi connectivity index (χ3n) is 4.75. The number of esters is 1. The molecule has 0 aromatic heterocycles. The van der Waals surface area contributed by atoms with Gasteiger partial charge >= 0.3 is 5.97 Å². The van der Waals surface area contributed by atoms with Crippen molar-refractivity contribution in [1.29, 1.82) is 0 Å². The van der Waals surface area contributed by atoms with Crippen molar-refractivity contribution < 1.29 is 19.0 Å². The number of halogens is 1. The van der Waals surface area contributed by atoms with Crippen molar-refractivity contribution in [2.24, 2.45) is 0 Å². The smallest absolute Gasteiger partial charge is 0.330 e. The predicted octanol–water partition coefficient (Wildman–Crippen LogP) is 5.23. The molecule has 4 heteroatoms. The van der Waals surface area contributed by atoms with Gasteiger partial charge in [-0.1, -0.05) is 66.7 Å². The van der Waals surface area contributed by atoms with Crippen LogP contribution in [0.4, 0.5) is 4.39 Å². The Morgan fingerprint density at radius 2 is 1.72 bits per heavy atom. The molecule has 0 atom stereocenters. The average Bonchev–Trinajstić information content (AvgIpc) is 2.73. The SMILES string of the molecule is C=CC(=O)OCc1cc(CCO)ccc1-c1ccc(-c2ccc(C)cc2)cc1F. The summed E-state index contributed by atoms with van der Waals surface area (Å²) in [6.45, 7) is 5.40. The maximum atomic E-state index is 15.0. The zero-order valence-electron chi connectivity index (χ0n) is 16.3. The van der Waals surface area contributed by atoms with Gasteiger partial charge in [-0.3, -0.25) is 0 Å². The summed E-state index contributed by atoms with van der Waals surface area (Å²) in [4.78, 5) is 11.5. The fourth-order valence-corrected chi connectivity index (χ4v) is 3.18. The van der Waals surface area contributed by atoms with E-state index in [1.54, 1.807) is 12.1 Å². The monoisotopic (exact) mass is 390 g/mol. The number of ether oxygens (including phenoxy) is 1. The Balaban J connectivity index is 1.98. The van der Waals surface area contributed by atoms with E-state index in [-0.39, 0.29) is 19.0 Å². The van der Waals surface area contributed by atoms with Crippen LogP contribution in [0.1, 0.15) is 16.7 Å². The summed E-state index contributed by atoms with van der Waals surface area (Å²) in [7, 11) is 0. The maximum absolute atomic E-state index is 15.0. The first-order chi connectivity index (χ1) is 14.0. The lowest BCUT2D eigenvalue weighted by Gasteiger charge is -2.14. The Kier molecular flexibility index (Phi) is 6.57. The van der Waals surface area contributed by atoms with Crippen LogP contribution in [-0.4, -0.2) is 17.7 Å². The number of rotatable bonds is 7. The van der Waals surface area contributed by atoms with Crippen molar-refractivity contribution in [2.75, 3.05) is 6.61 Å². The van der Waals surface area contributed by atoms with Gasteiger partial charge in [0, 0.05) is 18.2 Å². The van der Waals surface area contributed by atoms with Gasteiger partial charge in [0.25, 0.3) is 0 Å². The number of hydrogen-bond donors (Lipinski definition) is 1. The van der Waals surface area contributed by atoms with Gasteiger partial charge < -0.3 is 9.84 Å². The molecule has 0 aliphatic heterocycles. The minimum absolute atomic E-state index is 0.00138. The second-order valence-electron chi connectivity index (χ2n) is 6.84. The summed E-state index contributed by atoms with van der Waals surface area (Å²) in [5, 5.41) is 9.19. The normalized spacial score (nSPS) is 10.6. The van der Waals surface area contributed by atoms with E-state index < -0.39 is 5.97 Å². The number of hydrogen-bond acceptors (Lipinski definition) is 3. The van der Waals surface area contributed by atoms with Crippen LogP contribution >= 0.6 is 0 Å². The first-order valence-corrected chi connectivity index (χ1v) is 9.40. The number of aryl methyl sites for hydroxylation is 1. The maximum Gasteiger partial charge on any atom is 0.330 e. The van der Waals surface area contributed by atoms with Crippen LogP contribution in [0, 0.1) is 12.7 Å². The topological polar surface area (TPSA) is 46.5 Å². The first-order valence-electron chi connectivity index (χ1n) is 9.40. The quantitative estimate of drug-likeness (QED) is 0.444. The van der Waals surface area contributed by atoms with E-state index in [1.807, 2.05) is 49.4 Å². The molecule has 0 fully saturated rings. The van der Waals surface area contributed by atoms with Crippen LogP contribution in [0.2, 0.25) is 0 Å². The molecule has 1 N–H and O–H groups in total. The van der Waals surface area contributed by atoms with Gasteiger partial charge in [0.05, 0.1) is 0 Å². The highest BCUT2D eigenvalue weighted by Gasteiger charge is 2.13. The number of aliphatic hydroxyl groups excluding tert-OH is 1. The van der Waals surface area contributed by atoms with Gasteiger partial charge in [0.2, 0.25) is 0 Å². The number of benzene rings is 3. The highest BCUT2D eigenvalue weighted by Crippen LogP contribution is 2.31. The van der Waals surface area contributed by atoms with Gasteiger partial charge in [-0.2, -0.15) is 0 Å². The van der Waals surface area contributed by atoms with E-state index in [0.29, 0.717) is 23.1 Å². The molecule has 0 bridgehead atoms. The molecule has 0 aliphatic carbocycles. The molecule has 0 saturated carbocycles. The molecule has 148 valence electrons. The van der Waals surface area contributed by atoms with Crippen LogP contribution in [0.3, 0.4) is 0 Å². The lowest BCUT2D eigenvalue weighted by atomic mass is 9.94. The largest absolute Gasteiger partial charge is 0.458 e. The Morgan fingerprint density at radius 1 is 1.03 bits per heavy atom. The molecule has 0 amide bonds. The van der Waals surface area contributed by atoms with Crippen molar-refractivity contribution in [3.05, 3.63) is 95.8 Å². The molecule has 0 radical (unpaired) electrons. The number of aliphatic hydroxyl groups is 1. The Morgan fingerprint density at radius 3 is 2.38 bits per heavy atom. The van der Waals surface area contributed by atoms with Crippen LogP contribution in [0.15, 0.2) is 73.3 Å². The Hall–Kier alpha value is -3.24. The van der Waals surface area contributed by atoms with E-state index in [2.05, 4.69) is 6.58 Å². The first kappa shape index (κ1) is 20.5. The van der Waals surface area contributed by atoms with Crippen molar-refractivity contribution >= 4 is 5.97 Å². The van der Waals surface area contributed by atoms with E-state index in [0.717, 1.165) is 28.3 Å². The molecule has 3 nitrogen and oxygen atoms in total. The summed E-state index contributed by atoms with van der Waals surface area (Å²) in [6.07, 6.45) is 1.56. The van der Waals surface area contributed by atoms with E-state index in [4.69, 9.17) is 4.74 Å². The van der Waals surface area contributed by atoms with Crippen LogP contribution in [-0.2, 0) is 22.6 Å². The number of carbonyl (C=O) groups excluding carboxylic acids is 1. The van der Waals surface area contributed by atoms with Crippen LogP contribution in [0.5, 0.6) is 0 Å². The lowest BCUT2D eigenvalue weighted by molar-refractivity contribution is -0.138. The highest BCUT2D eigenvalue weighted by molar-refractivity contribution is 5.81. The molecule has 3 rings (SSSR count). The molecule has 0 saturated heterocycles. The number of carbonyl (C=O) groups is 1. The molecule has 0 heterocycles. The summed E-state index contributed by atoms with van der Waals surface area (Å²) >= 11 is 0. The summed E-state index contributed by atoms with van der Waals surface area (Å²) in [6, 6.07) is 18.5. The van der Waals surface area contributed by atoms with Gasteiger partial charge in [-0.15, -0.1) is 0 Å². The summed E-state index contributed by atoms with van der Waals surface area (Å²) in [5.41, 5.74) is 5.53. The van der Waals surface area contributed by atoms with Crippen LogP contribution in [0.25, 0.3) is 22.3 Å². The Bertz CT molecular complexity index is 1020. The molecule has 3 aromatic carbocycles. The lowest BCUT2D eigenvalue weighted by Crippen LogP contribution is -2.03. The van der Waals surface area contributed by atoms with Crippen molar-refractivity contribution in [3.8, 4) is 22.3 Å². The molecule has 29 heavy (non-hydrogen) atoms. The van der Waals surface area contributed by atoms with Crippen molar-refractivity contribution in [3.63, 3.8) is 0 Å². The fraction of sp³-hybridized carbons (Fsp3) is 0.160. The van der Waals surface area contributed by atoms with E-state index in [1.165, 1.54) is 6.07 Å². The van der Waals surface area contributed by atoms with Gasteiger partial charge in [-0.05, 0) is 47.2 Å². The summed E-state index contributed by atoms with van der Waals surface area (Å²) in [5.74, 6) is -0.895. The van der Waals surface area contributed by atoms with Gasteiger partial charge in [-0.25, -0.2) is 9.18 Å². The Labute approximate surface area is 170 Å². The summed E-state index contributed by atoms with van der Waals surface area (Å²) < 4.78 is 20.2. The highest BCUT2D eigenvalue weighted by atomic mass is 19.1. The second kappa shape index (κ2) is 9.30. The zero-order valence-corrected chi connectivity index (χ0v) is 16.3. The molecular formula is C25H23FO3. The predicted molar refractivity (Wildman–Crippen MR) is 113 cm³/mol. The van der Waals surface area contributed by atoms with Crippen LogP contribution < -0.4 is 0 Å². The van der Waals surface area contributed by atoms with E-state index in [9.17, 15) is 9.90 Å². The molecule has 0 spiro atoms. The molecular weight excluding hydrogens is 367 g/mol. The van der Waals surface area contributed by atoms with Gasteiger partial charge in [0.15, 0.2) is 0 Å². The average molecular weight is 390 g/mol. The standard InChI is InChI=1S/C25H23FO3/c1-3-25(28)29-16-21-14-18(12-13-27)6-10-22(21)23-11-9-20(15-24(23)26)19-7-4-17(2)5-8-19/h3-11,14-15,27H,1,12-13,16H2,2H3. The van der Waals surface area contributed by atoms with Gasteiger partial charge in [0.1, 0.15) is 12.4 Å². The third kappa shape index (κ3) is 4.98. The fourth-order valence-electron chi connectivity index (χ4n) is 3.18. The second-order valence-corrected chi connectivity index (χ2v) is 6.84. The molecule has 3 aromatic rings. The van der Waals surface area contributed by atoms with Crippen molar-refractivity contribution in [2.45, 2.75) is 20.0 Å². The van der Waals surface area contributed by atoms with Crippen molar-refractivity contribution in [1.82, 2.24) is 0 Å². The zero-order chi connectivity index (χ0) is 20.8. The third-order valence-corrected chi connectivity index (χ3v) is 4.75. The molecule has 0 unspecified atom stereocenters. The minimum Gasteiger partial charge on any atom is -0.458 e. The van der Waals surface area contributed by atoms with E-state index >= 15 is 4.39 Å². The minimum atomic E-state index is -0.543. The molecule has 0 aliphatic rings.